The molecule has 0 saturated heterocycles. The minimum absolute atomic E-state index is 0.0302. The third kappa shape index (κ3) is 4.04. The number of hydrogen-bond acceptors (Lipinski definition) is 1. The Labute approximate surface area is 108 Å². The Kier molecular flexibility index (Phi) is 5.01. The van der Waals surface area contributed by atoms with Gasteiger partial charge in [-0.05, 0) is 37.0 Å². The number of carbonyl (C=O) groups is 1. The van der Waals surface area contributed by atoms with E-state index in [4.69, 9.17) is 11.6 Å². The second kappa shape index (κ2) is 6.06. The van der Waals surface area contributed by atoms with Gasteiger partial charge in [-0.15, -0.1) is 0 Å². The van der Waals surface area contributed by atoms with Crippen LogP contribution in [0.15, 0.2) is 24.3 Å². The van der Waals surface area contributed by atoms with Crippen LogP contribution < -0.4 is 5.32 Å². The van der Waals surface area contributed by atoms with Crippen molar-refractivity contribution < 1.29 is 4.79 Å². The van der Waals surface area contributed by atoms with Crippen molar-refractivity contribution >= 4 is 17.5 Å². The molecule has 0 unspecified atom stereocenters. The molecule has 94 valence electrons. The molecule has 2 nitrogen and oxygen atoms in total. The Hall–Kier alpha value is -1.02. The van der Waals surface area contributed by atoms with Gasteiger partial charge in [0.25, 0.3) is 0 Å². The van der Waals surface area contributed by atoms with Crippen molar-refractivity contribution in [3.05, 3.63) is 34.9 Å². The van der Waals surface area contributed by atoms with Gasteiger partial charge in [-0.3, -0.25) is 4.79 Å². The van der Waals surface area contributed by atoms with E-state index < -0.39 is 0 Å². The first-order valence-corrected chi connectivity index (χ1v) is 6.42. The lowest BCUT2D eigenvalue weighted by Gasteiger charge is -2.32. The van der Waals surface area contributed by atoms with Crippen molar-refractivity contribution in [2.75, 3.05) is 0 Å². The zero-order valence-electron chi connectivity index (χ0n) is 10.7. The summed E-state index contributed by atoms with van der Waals surface area (Å²) in [6.07, 6.45) is 2.69. The highest BCUT2D eigenvalue weighted by Gasteiger charge is 2.27. The third-order valence-corrected chi connectivity index (χ3v) is 3.50. The number of benzene rings is 1. The molecular weight excluding hydrogens is 234 g/mol. The van der Waals surface area contributed by atoms with Crippen LogP contribution in [0.1, 0.15) is 39.2 Å². The fourth-order valence-corrected chi connectivity index (χ4v) is 2.21. The van der Waals surface area contributed by atoms with Crippen LogP contribution in [0.5, 0.6) is 0 Å². The minimum atomic E-state index is -0.139. The number of rotatable bonds is 5. The van der Waals surface area contributed by atoms with Crippen molar-refractivity contribution in [1.29, 1.82) is 0 Å². The lowest BCUT2D eigenvalue weighted by molar-refractivity contribution is -0.121. The summed E-state index contributed by atoms with van der Waals surface area (Å²) >= 11 is 5.87. The quantitative estimate of drug-likeness (QED) is 0.854. The zero-order chi connectivity index (χ0) is 12.9. The van der Waals surface area contributed by atoms with E-state index in [0.717, 1.165) is 24.3 Å². The summed E-state index contributed by atoms with van der Waals surface area (Å²) in [5.41, 5.74) is 1.06. The van der Waals surface area contributed by atoms with Gasteiger partial charge in [0, 0.05) is 17.5 Å². The summed E-state index contributed by atoms with van der Waals surface area (Å²) in [5, 5.41) is 3.83. The Morgan fingerprint density at radius 2 is 1.76 bits per heavy atom. The van der Waals surface area contributed by atoms with Gasteiger partial charge in [-0.25, -0.2) is 0 Å². The molecule has 0 aliphatic rings. The summed E-state index contributed by atoms with van der Waals surface area (Å²) in [6.45, 7) is 5.78. The molecule has 0 radical (unpaired) electrons. The van der Waals surface area contributed by atoms with E-state index in [1.54, 1.807) is 6.92 Å². The number of halogens is 1. The average Bonchev–Trinajstić information content (AvgIpc) is 2.30. The summed E-state index contributed by atoms with van der Waals surface area (Å²) in [5.74, 6) is 0.0302. The van der Waals surface area contributed by atoms with Gasteiger partial charge in [0.05, 0.1) is 0 Å². The molecule has 1 aromatic rings. The molecule has 0 fully saturated rings. The number of amides is 1. The second-order valence-corrected chi connectivity index (χ2v) is 4.91. The molecule has 0 spiro atoms. The molecule has 0 heterocycles. The van der Waals surface area contributed by atoms with Crippen LogP contribution in [-0.2, 0) is 11.2 Å². The van der Waals surface area contributed by atoms with Crippen molar-refractivity contribution in [2.24, 2.45) is 0 Å². The second-order valence-electron chi connectivity index (χ2n) is 4.47. The molecule has 0 atom stereocenters. The Morgan fingerprint density at radius 3 is 2.18 bits per heavy atom. The Morgan fingerprint density at radius 1 is 1.24 bits per heavy atom. The van der Waals surface area contributed by atoms with Gasteiger partial charge in [0.2, 0.25) is 5.91 Å². The molecule has 1 rings (SSSR count). The largest absolute Gasteiger partial charge is 0.351 e. The van der Waals surface area contributed by atoms with Gasteiger partial charge < -0.3 is 5.32 Å². The van der Waals surface area contributed by atoms with Crippen molar-refractivity contribution in [1.82, 2.24) is 5.32 Å². The molecule has 0 aromatic heterocycles. The highest BCUT2D eigenvalue weighted by Crippen LogP contribution is 2.22. The van der Waals surface area contributed by atoms with Crippen LogP contribution in [-0.4, -0.2) is 11.4 Å². The topological polar surface area (TPSA) is 29.1 Å². The standard InChI is InChI=1S/C14H20ClNO/c1-4-14(5-2,16-11(3)17)10-12-6-8-13(15)9-7-12/h6-9H,4-5,10H2,1-3H3,(H,16,17). The van der Waals surface area contributed by atoms with E-state index in [-0.39, 0.29) is 11.4 Å². The van der Waals surface area contributed by atoms with Crippen LogP contribution in [0.2, 0.25) is 5.02 Å². The van der Waals surface area contributed by atoms with E-state index in [0.29, 0.717) is 0 Å². The summed E-state index contributed by atoms with van der Waals surface area (Å²) < 4.78 is 0. The smallest absolute Gasteiger partial charge is 0.217 e. The van der Waals surface area contributed by atoms with Gasteiger partial charge in [-0.1, -0.05) is 37.6 Å². The highest BCUT2D eigenvalue weighted by atomic mass is 35.5. The van der Waals surface area contributed by atoms with Crippen molar-refractivity contribution in [3.8, 4) is 0 Å². The van der Waals surface area contributed by atoms with Crippen LogP contribution in [0.4, 0.5) is 0 Å². The van der Waals surface area contributed by atoms with Gasteiger partial charge in [-0.2, -0.15) is 0 Å². The fourth-order valence-electron chi connectivity index (χ4n) is 2.09. The Balaban J connectivity index is 2.85. The first-order chi connectivity index (χ1) is 8.01. The van der Waals surface area contributed by atoms with Crippen LogP contribution >= 0.6 is 11.6 Å². The summed E-state index contributed by atoms with van der Waals surface area (Å²) in [6, 6.07) is 7.82. The maximum Gasteiger partial charge on any atom is 0.217 e. The molecule has 1 amide bonds. The molecule has 0 aliphatic heterocycles. The molecule has 0 bridgehead atoms. The van der Waals surface area contributed by atoms with E-state index in [9.17, 15) is 4.79 Å². The lowest BCUT2D eigenvalue weighted by Crippen LogP contribution is -2.48. The van der Waals surface area contributed by atoms with E-state index in [1.165, 1.54) is 5.56 Å². The average molecular weight is 254 g/mol. The van der Waals surface area contributed by atoms with E-state index >= 15 is 0 Å². The molecule has 0 aliphatic carbocycles. The molecule has 3 heteroatoms. The first-order valence-electron chi connectivity index (χ1n) is 6.04. The van der Waals surface area contributed by atoms with Gasteiger partial charge in [0.15, 0.2) is 0 Å². The third-order valence-electron chi connectivity index (χ3n) is 3.25. The Bertz CT molecular complexity index is 368. The predicted molar refractivity (Wildman–Crippen MR) is 72.3 cm³/mol. The number of hydrogen-bond donors (Lipinski definition) is 1. The SMILES string of the molecule is CCC(CC)(Cc1ccc(Cl)cc1)NC(C)=O. The van der Waals surface area contributed by atoms with Crippen molar-refractivity contribution in [3.63, 3.8) is 0 Å². The zero-order valence-corrected chi connectivity index (χ0v) is 11.5. The lowest BCUT2D eigenvalue weighted by atomic mass is 9.85. The number of carbonyl (C=O) groups excluding carboxylic acids is 1. The normalized spacial score (nSPS) is 11.3. The minimum Gasteiger partial charge on any atom is -0.351 e. The molecular formula is C14H20ClNO. The van der Waals surface area contributed by atoms with E-state index in [1.807, 2.05) is 24.3 Å². The summed E-state index contributed by atoms with van der Waals surface area (Å²) in [4.78, 5) is 11.3. The molecule has 17 heavy (non-hydrogen) atoms. The molecule has 1 N–H and O–H groups in total. The van der Waals surface area contributed by atoms with E-state index in [2.05, 4.69) is 19.2 Å². The maximum absolute atomic E-state index is 11.3. The van der Waals surface area contributed by atoms with Gasteiger partial charge in [0.1, 0.15) is 0 Å². The highest BCUT2D eigenvalue weighted by molar-refractivity contribution is 6.30. The van der Waals surface area contributed by atoms with Gasteiger partial charge >= 0.3 is 0 Å². The van der Waals surface area contributed by atoms with Crippen LogP contribution in [0.25, 0.3) is 0 Å². The molecule has 0 saturated carbocycles. The van der Waals surface area contributed by atoms with Crippen molar-refractivity contribution in [2.45, 2.75) is 45.6 Å². The fraction of sp³-hybridized carbons (Fsp3) is 0.500. The number of nitrogens with one attached hydrogen (secondary N) is 1. The first kappa shape index (κ1) is 14.0. The van der Waals surface area contributed by atoms with Crippen LogP contribution in [0.3, 0.4) is 0 Å². The summed E-state index contributed by atoms with van der Waals surface area (Å²) in [7, 11) is 0. The monoisotopic (exact) mass is 253 g/mol. The molecule has 1 aromatic carbocycles. The maximum atomic E-state index is 11.3. The predicted octanol–water partition coefficient (Wildman–Crippen LogP) is 3.58. The van der Waals surface area contributed by atoms with Crippen LogP contribution in [0, 0.1) is 0 Å².